The number of ether oxygens (including phenoxy) is 3. The maximum absolute atomic E-state index is 13.8. The van der Waals surface area contributed by atoms with Gasteiger partial charge in [-0.15, -0.1) is 0 Å². The van der Waals surface area contributed by atoms with Crippen molar-refractivity contribution in [2.24, 2.45) is 0 Å². The number of fused-ring (bicyclic) bond motifs is 2. The van der Waals surface area contributed by atoms with Crippen LogP contribution in [-0.2, 0) is 11.3 Å². The van der Waals surface area contributed by atoms with Crippen molar-refractivity contribution in [1.82, 2.24) is 4.90 Å². The average molecular weight is 514 g/mol. The molecule has 0 bridgehead atoms. The van der Waals surface area contributed by atoms with Gasteiger partial charge in [0.05, 0.1) is 24.1 Å². The van der Waals surface area contributed by atoms with Crippen molar-refractivity contribution in [1.29, 1.82) is 0 Å². The maximum atomic E-state index is 13.8. The smallest absolute Gasteiger partial charge is 0.290 e. The van der Waals surface area contributed by atoms with E-state index in [1.807, 2.05) is 74.5 Å². The Hall–Kier alpha value is -4.10. The van der Waals surface area contributed by atoms with Crippen LogP contribution in [0.4, 0.5) is 0 Å². The van der Waals surface area contributed by atoms with Gasteiger partial charge in [0.25, 0.3) is 5.91 Å². The van der Waals surface area contributed by atoms with Crippen molar-refractivity contribution in [2.45, 2.75) is 32.9 Å². The highest BCUT2D eigenvalue weighted by Gasteiger charge is 2.42. The Morgan fingerprint density at radius 2 is 1.68 bits per heavy atom. The lowest BCUT2D eigenvalue weighted by Gasteiger charge is -2.25. The van der Waals surface area contributed by atoms with Crippen LogP contribution in [0.1, 0.15) is 50.8 Å². The fourth-order valence-corrected chi connectivity index (χ4v) is 4.94. The number of aryl methyl sites for hydroxylation is 2. The van der Waals surface area contributed by atoms with Crippen LogP contribution >= 0.6 is 0 Å². The Bertz CT molecular complexity index is 1540. The monoisotopic (exact) mass is 513 g/mol. The number of amides is 1. The van der Waals surface area contributed by atoms with Crippen molar-refractivity contribution < 1.29 is 23.4 Å². The van der Waals surface area contributed by atoms with Gasteiger partial charge in [0.2, 0.25) is 5.76 Å². The fourth-order valence-electron chi connectivity index (χ4n) is 4.94. The van der Waals surface area contributed by atoms with Crippen LogP contribution in [0.15, 0.2) is 69.9 Å². The van der Waals surface area contributed by atoms with Gasteiger partial charge in [-0.25, -0.2) is 0 Å². The Morgan fingerprint density at radius 1 is 0.921 bits per heavy atom. The van der Waals surface area contributed by atoms with Crippen molar-refractivity contribution in [3.8, 4) is 11.5 Å². The molecule has 1 aliphatic rings. The normalized spacial score (nSPS) is 14.7. The summed E-state index contributed by atoms with van der Waals surface area (Å²) in [5.41, 5.74) is 4.34. The summed E-state index contributed by atoms with van der Waals surface area (Å²) in [7, 11) is 3.20. The largest absolute Gasteiger partial charge is 0.493 e. The van der Waals surface area contributed by atoms with Crippen molar-refractivity contribution in [3.63, 3.8) is 0 Å². The van der Waals surface area contributed by atoms with E-state index in [9.17, 15) is 9.59 Å². The van der Waals surface area contributed by atoms with Crippen LogP contribution in [-0.4, -0.2) is 38.2 Å². The van der Waals surface area contributed by atoms with Crippen LogP contribution in [0.25, 0.3) is 11.0 Å². The first-order chi connectivity index (χ1) is 18.4. The summed E-state index contributed by atoms with van der Waals surface area (Å²) < 4.78 is 23.0. The van der Waals surface area contributed by atoms with Gasteiger partial charge in [0, 0.05) is 20.3 Å². The minimum Gasteiger partial charge on any atom is -0.493 e. The maximum Gasteiger partial charge on any atom is 0.290 e. The van der Waals surface area contributed by atoms with Crippen molar-refractivity contribution in [3.05, 3.63) is 104 Å². The number of nitrogens with zero attached hydrogens (tertiary/aromatic N) is 1. The molecule has 1 aromatic heterocycles. The van der Waals surface area contributed by atoms with Crippen LogP contribution in [0.2, 0.25) is 0 Å². The quantitative estimate of drug-likeness (QED) is 0.272. The van der Waals surface area contributed by atoms with E-state index >= 15 is 0 Å². The molecule has 1 amide bonds. The number of methoxy groups -OCH3 is 2. The van der Waals surface area contributed by atoms with Gasteiger partial charge in [-0.1, -0.05) is 36.4 Å². The number of rotatable bonds is 9. The number of carbonyl (C=O) groups is 1. The number of carbonyl (C=O) groups excluding carboxylic acids is 1. The number of hydrogen-bond acceptors (Lipinski definition) is 6. The molecular weight excluding hydrogens is 482 g/mol. The zero-order valence-electron chi connectivity index (χ0n) is 22.1. The molecule has 0 saturated heterocycles. The summed E-state index contributed by atoms with van der Waals surface area (Å²) in [6.45, 7) is 5.20. The molecule has 7 heteroatoms. The van der Waals surface area contributed by atoms with E-state index in [2.05, 4.69) is 0 Å². The molecule has 0 spiro atoms. The lowest BCUT2D eigenvalue weighted by Crippen LogP contribution is -2.31. The lowest BCUT2D eigenvalue weighted by atomic mass is 9.97. The molecule has 1 atom stereocenters. The van der Waals surface area contributed by atoms with Crippen LogP contribution in [0.3, 0.4) is 0 Å². The molecule has 1 unspecified atom stereocenters. The lowest BCUT2D eigenvalue weighted by molar-refractivity contribution is 0.0707. The van der Waals surface area contributed by atoms with E-state index in [1.54, 1.807) is 19.1 Å². The van der Waals surface area contributed by atoms with Crippen LogP contribution in [0, 0.1) is 13.8 Å². The molecule has 7 nitrogen and oxygen atoms in total. The standard InChI is InChI=1S/C31H31NO6/c1-19-15-23-25(16-20(19)2)38-30-27(29(23)33)28(32(31(30)34)13-8-14-35-3)22-11-12-24(26(17-22)36-4)37-18-21-9-6-5-7-10-21/h5-7,9-12,15-17,28H,8,13-14,18H2,1-4H3. The molecule has 0 saturated carbocycles. The first kappa shape index (κ1) is 25.5. The van der Waals surface area contributed by atoms with E-state index in [4.69, 9.17) is 18.6 Å². The zero-order valence-corrected chi connectivity index (χ0v) is 22.1. The number of benzene rings is 3. The zero-order chi connectivity index (χ0) is 26.8. The first-order valence-corrected chi connectivity index (χ1v) is 12.7. The molecule has 0 radical (unpaired) electrons. The third-order valence-corrected chi connectivity index (χ3v) is 7.07. The highest BCUT2D eigenvalue weighted by Crippen LogP contribution is 2.41. The molecule has 0 fully saturated rings. The van der Waals surface area contributed by atoms with Gasteiger partial charge in [0.1, 0.15) is 12.2 Å². The second-order valence-corrected chi connectivity index (χ2v) is 9.54. The second kappa shape index (κ2) is 10.7. The third kappa shape index (κ3) is 4.65. The van der Waals surface area contributed by atoms with Crippen LogP contribution in [0.5, 0.6) is 11.5 Å². The molecule has 3 aromatic carbocycles. The van der Waals surface area contributed by atoms with Gasteiger partial charge in [-0.2, -0.15) is 0 Å². The van der Waals surface area contributed by atoms with E-state index in [1.165, 1.54) is 0 Å². The molecular formula is C31H31NO6. The Balaban J connectivity index is 1.59. The Morgan fingerprint density at radius 3 is 2.42 bits per heavy atom. The molecule has 4 aromatic rings. The second-order valence-electron chi connectivity index (χ2n) is 9.54. The number of hydrogen-bond donors (Lipinski definition) is 0. The van der Waals surface area contributed by atoms with Crippen molar-refractivity contribution in [2.75, 3.05) is 27.4 Å². The topological polar surface area (TPSA) is 78.2 Å². The van der Waals surface area contributed by atoms with Crippen LogP contribution < -0.4 is 14.9 Å². The predicted molar refractivity (Wildman–Crippen MR) is 145 cm³/mol. The predicted octanol–water partition coefficient (Wildman–Crippen LogP) is 5.58. The first-order valence-electron chi connectivity index (χ1n) is 12.7. The summed E-state index contributed by atoms with van der Waals surface area (Å²) in [4.78, 5) is 29.1. The molecule has 5 rings (SSSR count). The SMILES string of the molecule is COCCCN1C(=O)c2oc3cc(C)c(C)cc3c(=O)c2C1c1ccc(OCc2ccccc2)c(OC)c1. The highest BCUT2D eigenvalue weighted by atomic mass is 16.5. The molecule has 2 heterocycles. The summed E-state index contributed by atoms with van der Waals surface area (Å²) >= 11 is 0. The van der Waals surface area contributed by atoms with Gasteiger partial charge >= 0.3 is 0 Å². The molecule has 1 aliphatic heterocycles. The highest BCUT2D eigenvalue weighted by molar-refractivity contribution is 5.99. The molecule has 0 aliphatic carbocycles. The average Bonchev–Trinajstić information content (AvgIpc) is 3.21. The van der Waals surface area contributed by atoms with E-state index < -0.39 is 6.04 Å². The molecule has 196 valence electrons. The van der Waals surface area contributed by atoms with Gasteiger partial charge in [-0.3, -0.25) is 9.59 Å². The Kier molecular flexibility index (Phi) is 7.20. The summed E-state index contributed by atoms with van der Waals surface area (Å²) in [6.07, 6.45) is 0.619. The van der Waals surface area contributed by atoms with E-state index in [-0.39, 0.29) is 17.1 Å². The summed E-state index contributed by atoms with van der Waals surface area (Å²) in [6, 6.07) is 18.4. The van der Waals surface area contributed by atoms with Crippen molar-refractivity contribution >= 4 is 16.9 Å². The van der Waals surface area contributed by atoms with E-state index in [0.29, 0.717) is 54.2 Å². The fraction of sp³-hybridized carbons (Fsp3) is 0.290. The van der Waals surface area contributed by atoms with Gasteiger partial charge < -0.3 is 23.5 Å². The summed E-state index contributed by atoms with van der Waals surface area (Å²) in [5, 5.41) is 0.471. The minimum atomic E-state index is -0.617. The summed E-state index contributed by atoms with van der Waals surface area (Å²) in [5.74, 6) is 0.887. The molecule has 0 N–H and O–H groups in total. The van der Waals surface area contributed by atoms with Gasteiger partial charge in [0.15, 0.2) is 16.9 Å². The molecule has 38 heavy (non-hydrogen) atoms. The minimum absolute atomic E-state index is 0.0940. The van der Waals surface area contributed by atoms with E-state index in [0.717, 1.165) is 22.3 Å². The van der Waals surface area contributed by atoms with Gasteiger partial charge in [-0.05, 0) is 66.8 Å². The Labute approximate surface area is 221 Å². The third-order valence-electron chi connectivity index (χ3n) is 7.07.